The monoisotopic (exact) mass is 276 g/mol. The number of benzene rings is 1. The van der Waals surface area contributed by atoms with Crippen molar-refractivity contribution in [3.8, 4) is 0 Å². The number of nitrogens with one attached hydrogen (secondary N) is 1. The second-order valence-corrected chi connectivity index (χ2v) is 4.41. The van der Waals surface area contributed by atoms with Crippen molar-refractivity contribution in [1.82, 2.24) is 9.97 Å². The van der Waals surface area contributed by atoms with Crippen LogP contribution in [0.5, 0.6) is 0 Å². The second-order valence-electron chi connectivity index (χ2n) is 4.41. The van der Waals surface area contributed by atoms with Crippen LogP contribution >= 0.6 is 0 Å². The first-order valence-corrected chi connectivity index (χ1v) is 6.03. The highest BCUT2D eigenvalue weighted by molar-refractivity contribution is 5.99. The second kappa shape index (κ2) is 5.73. The number of hydrogen-bond acceptors (Lipinski definition) is 4. The largest absolute Gasteiger partial charge is 0.245 e. The Bertz CT molecular complexity index is 648. The molecule has 2 rings (SSSR count). The molecule has 0 aliphatic rings. The Balaban J connectivity index is 2.22. The molecular weight excluding hydrogens is 262 g/mol. The van der Waals surface area contributed by atoms with Gasteiger partial charge in [0.15, 0.2) is 0 Å². The maximum Gasteiger partial charge on any atom is 0.243 e. The lowest BCUT2D eigenvalue weighted by atomic mass is 10.1. The highest BCUT2D eigenvalue weighted by Gasteiger charge is 2.07. The normalized spacial score (nSPS) is 11.6. The molecule has 1 heterocycles. The van der Waals surface area contributed by atoms with Crippen molar-refractivity contribution in [2.24, 2.45) is 5.10 Å². The van der Waals surface area contributed by atoms with Crippen LogP contribution < -0.4 is 5.43 Å². The minimum absolute atomic E-state index is 0.225. The third-order valence-corrected chi connectivity index (χ3v) is 2.63. The number of halogens is 2. The molecule has 1 aromatic carbocycles. The first kappa shape index (κ1) is 14.0. The van der Waals surface area contributed by atoms with E-state index in [0.717, 1.165) is 17.5 Å². The molecule has 0 bridgehead atoms. The van der Waals surface area contributed by atoms with Crippen molar-refractivity contribution in [3.63, 3.8) is 0 Å². The minimum Gasteiger partial charge on any atom is -0.245 e. The molecule has 6 heteroatoms. The average molecular weight is 276 g/mol. The van der Waals surface area contributed by atoms with Gasteiger partial charge in [-0.1, -0.05) is 0 Å². The predicted molar refractivity (Wildman–Crippen MR) is 73.7 cm³/mol. The molecule has 0 saturated heterocycles. The Labute approximate surface area is 115 Å². The van der Waals surface area contributed by atoms with Crippen molar-refractivity contribution in [2.45, 2.75) is 20.8 Å². The standard InChI is InChI=1S/C14H14F2N4/c1-8-6-9(2)18-14(17-8)20-19-10(3)12-5-4-11(15)7-13(12)16/h4-7H,1-3H3,(H,17,18,20)/b19-10-. The van der Waals surface area contributed by atoms with Gasteiger partial charge < -0.3 is 0 Å². The maximum atomic E-state index is 13.6. The molecule has 20 heavy (non-hydrogen) atoms. The van der Waals surface area contributed by atoms with E-state index >= 15 is 0 Å². The summed E-state index contributed by atoms with van der Waals surface area (Å²) in [4.78, 5) is 8.31. The Morgan fingerprint density at radius 3 is 2.35 bits per heavy atom. The Kier molecular flexibility index (Phi) is 4.02. The van der Waals surface area contributed by atoms with E-state index < -0.39 is 11.6 Å². The van der Waals surface area contributed by atoms with Crippen LogP contribution in [-0.4, -0.2) is 15.7 Å². The summed E-state index contributed by atoms with van der Waals surface area (Å²) >= 11 is 0. The van der Waals surface area contributed by atoms with Crippen molar-refractivity contribution in [2.75, 3.05) is 5.43 Å². The van der Waals surface area contributed by atoms with Gasteiger partial charge in [0.2, 0.25) is 5.95 Å². The molecule has 4 nitrogen and oxygen atoms in total. The van der Waals surface area contributed by atoms with E-state index in [1.54, 1.807) is 6.92 Å². The smallest absolute Gasteiger partial charge is 0.243 e. The van der Waals surface area contributed by atoms with Gasteiger partial charge in [0.1, 0.15) is 11.6 Å². The summed E-state index contributed by atoms with van der Waals surface area (Å²) in [6.45, 7) is 5.30. The van der Waals surface area contributed by atoms with E-state index in [-0.39, 0.29) is 5.56 Å². The summed E-state index contributed by atoms with van der Waals surface area (Å²) in [6.07, 6.45) is 0. The highest BCUT2D eigenvalue weighted by atomic mass is 19.1. The third kappa shape index (κ3) is 3.34. The maximum absolute atomic E-state index is 13.6. The number of aromatic nitrogens is 2. The molecule has 0 atom stereocenters. The molecule has 1 aromatic heterocycles. The van der Waals surface area contributed by atoms with Crippen molar-refractivity contribution in [1.29, 1.82) is 0 Å². The van der Waals surface area contributed by atoms with Crippen molar-refractivity contribution < 1.29 is 8.78 Å². The van der Waals surface area contributed by atoms with Gasteiger partial charge in [-0.25, -0.2) is 24.2 Å². The van der Waals surface area contributed by atoms with Crippen LogP contribution in [0.1, 0.15) is 23.9 Å². The van der Waals surface area contributed by atoms with Crippen LogP contribution in [0, 0.1) is 25.5 Å². The zero-order chi connectivity index (χ0) is 14.7. The molecule has 0 amide bonds. The van der Waals surface area contributed by atoms with Crippen molar-refractivity contribution in [3.05, 3.63) is 52.9 Å². The highest BCUT2D eigenvalue weighted by Crippen LogP contribution is 2.11. The molecular formula is C14H14F2N4. The fraction of sp³-hybridized carbons (Fsp3) is 0.214. The first-order valence-electron chi connectivity index (χ1n) is 6.03. The van der Waals surface area contributed by atoms with Gasteiger partial charge in [-0.3, -0.25) is 0 Å². The van der Waals surface area contributed by atoms with Crippen LogP contribution in [0.15, 0.2) is 29.4 Å². The lowest BCUT2D eigenvalue weighted by Crippen LogP contribution is -2.05. The number of rotatable bonds is 3. The molecule has 0 radical (unpaired) electrons. The van der Waals surface area contributed by atoms with E-state index in [2.05, 4.69) is 20.5 Å². The van der Waals surface area contributed by atoms with Gasteiger partial charge in [-0.15, -0.1) is 0 Å². The molecule has 0 aliphatic carbocycles. The average Bonchev–Trinajstić information content (AvgIpc) is 2.35. The van der Waals surface area contributed by atoms with E-state index in [9.17, 15) is 8.78 Å². The number of nitrogens with zero attached hydrogens (tertiary/aromatic N) is 3. The van der Waals surface area contributed by atoms with Gasteiger partial charge >= 0.3 is 0 Å². The molecule has 1 N–H and O–H groups in total. The molecule has 0 aliphatic heterocycles. The van der Waals surface area contributed by atoms with Gasteiger partial charge in [0, 0.05) is 23.0 Å². The number of aryl methyl sites for hydroxylation is 2. The molecule has 2 aromatic rings. The lowest BCUT2D eigenvalue weighted by Gasteiger charge is -2.05. The summed E-state index contributed by atoms with van der Waals surface area (Å²) in [5.41, 5.74) is 4.89. The molecule has 104 valence electrons. The quantitative estimate of drug-likeness (QED) is 0.691. The summed E-state index contributed by atoms with van der Waals surface area (Å²) in [5.74, 6) is -0.941. The fourth-order valence-electron chi connectivity index (χ4n) is 1.75. The number of anilines is 1. The Hall–Kier alpha value is -2.37. The molecule has 0 unspecified atom stereocenters. The third-order valence-electron chi connectivity index (χ3n) is 2.63. The summed E-state index contributed by atoms with van der Waals surface area (Å²) in [6, 6.07) is 5.18. The molecule has 0 fully saturated rings. The van der Waals surface area contributed by atoms with E-state index in [1.807, 2.05) is 19.9 Å². The van der Waals surface area contributed by atoms with Crippen LogP contribution in [0.2, 0.25) is 0 Å². The number of hydrogen-bond donors (Lipinski definition) is 1. The SMILES string of the molecule is C/C(=N/Nc1nc(C)cc(C)n1)c1ccc(F)cc1F. The van der Waals surface area contributed by atoms with Crippen LogP contribution in [0.4, 0.5) is 14.7 Å². The predicted octanol–water partition coefficient (Wildman–Crippen LogP) is 3.21. The Morgan fingerprint density at radius 2 is 1.75 bits per heavy atom. The fourth-order valence-corrected chi connectivity index (χ4v) is 1.75. The van der Waals surface area contributed by atoms with Crippen LogP contribution in [0.3, 0.4) is 0 Å². The summed E-state index contributed by atoms with van der Waals surface area (Å²) < 4.78 is 26.4. The Morgan fingerprint density at radius 1 is 1.10 bits per heavy atom. The topological polar surface area (TPSA) is 50.2 Å². The van der Waals surface area contributed by atoms with Crippen LogP contribution in [-0.2, 0) is 0 Å². The number of hydrazone groups is 1. The zero-order valence-electron chi connectivity index (χ0n) is 11.4. The minimum atomic E-state index is -0.658. The van der Waals surface area contributed by atoms with Gasteiger partial charge in [-0.05, 0) is 39.0 Å². The van der Waals surface area contributed by atoms with Crippen LogP contribution in [0.25, 0.3) is 0 Å². The lowest BCUT2D eigenvalue weighted by molar-refractivity contribution is 0.581. The first-order chi connectivity index (χ1) is 9.45. The van der Waals surface area contributed by atoms with Gasteiger partial charge in [0.25, 0.3) is 0 Å². The van der Waals surface area contributed by atoms with E-state index in [1.165, 1.54) is 12.1 Å². The summed E-state index contributed by atoms with van der Waals surface area (Å²) in [7, 11) is 0. The van der Waals surface area contributed by atoms with Gasteiger partial charge in [0.05, 0.1) is 5.71 Å². The molecule has 0 saturated carbocycles. The van der Waals surface area contributed by atoms with Gasteiger partial charge in [-0.2, -0.15) is 5.10 Å². The van der Waals surface area contributed by atoms with Crippen molar-refractivity contribution >= 4 is 11.7 Å². The molecule has 0 spiro atoms. The van der Waals surface area contributed by atoms with E-state index in [4.69, 9.17) is 0 Å². The summed E-state index contributed by atoms with van der Waals surface area (Å²) in [5, 5.41) is 4.02. The zero-order valence-corrected chi connectivity index (χ0v) is 11.4. The van der Waals surface area contributed by atoms with E-state index in [0.29, 0.717) is 11.7 Å².